The first-order valence-electron chi connectivity index (χ1n) is 8.84. The van der Waals surface area contributed by atoms with Gasteiger partial charge in [0, 0.05) is 29.7 Å². The molecule has 0 atom stereocenters. The summed E-state index contributed by atoms with van der Waals surface area (Å²) in [5.74, 6) is 0.933. The molecule has 1 fully saturated rings. The van der Waals surface area contributed by atoms with E-state index >= 15 is 0 Å². The van der Waals surface area contributed by atoms with E-state index in [1.165, 1.54) is 5.56 Å². The summed E-state index contributed by atoms with van der Waals surface area (Å²) in [4.78, 5) is 4.51. The van der Waals surface area contributed by atoms with Crippen LogP contribution in [0.2, 0.25) is 0 Å². The maximum absolute atomic E-state index is 6.37. The Morgan fingerprint density at radius 2 is 1.92 bits per heavy atom. The van der Waals surface area contributed by atoms with Crippen molar-refractivity contribution < 1.29 is 0 Å². The average molecular weight is 336 g/mol. The van der Waals surface area contributed by atoms with Crippen LogP contribution in [0.1, 0.15) is 42.7 Å². The summed E-state index contributed by atoms with van der Waals surface area (Å²) in [6.45, 7) is 2.09. The van der Waals surface area contributed by atoms with Gasteiger partial charge >= 0.3 is 0 Å². The van der Waals surface area contributed by atoms with Crippen LogP contribution >= 0.6 is 0 Å². The third-order valence-corrected chi connectivity index (χ3v) is 5.19. The molecule has 3 aromatic rings. The summed E-state index contributed by atoms with van der Waals surface area (Å²) >= 11 is 0. The van der Waals surface area contributed by atoms with E-state index < -0.39 is 0 Å². The van der Waals surface area contributed by atoms with Crippen LogP contribution < -0.4 is 16.8 Å². The zero-order valence-corrected chi connectivity index (χ0v) is 14.4. The van der Waals surface area contributed by atoms with Crippen LogP contribution in [-0.2, 0) is 0 Å². The number of nitrogen functional groups attached to an aromatic ring is 1. The van der Waals surface area contributed by atoms with Crippen LogP contribution in [0, 0.1) is 6.92 Å². The summed E-state index contributed by atoms with van der Waals surface area (Å²) in [7, 11) is 0. The van der Waals surface area contributed by atoms with Crippen molar-refractivity contribution in [3.63, 3.8) is 0 Å². The largest absolute Gasteiger partial charge is 0.382 e. The summed E-state index contributed by atoms with van der Waals surface area (Å²) in [5, 5.41) is 8.10. The van der Waals surface area contributed by atoms with E-state index in [9.17, 15) is 0 Å². The summed E-state index contributed by atoms with van der Waals surface area (Å²) in [5.41, 5.74) is 17.6. The molecule has 5 N–H and O–H groups in total. The minimum absolute atomic E-state index is 0.299. The SMILES string of the molecule is Cc1ccccc1Nc1c(C2CCC(N)CC2)c(N)nn2ccnc12. The lowest BCUT2D eigenvalue weighted by atomic mass is 9.81. The fourth-order valence-electron chi connectivity index (χ4n) is 3.77. The van der Waals surface area contributed by atoms with Crippen molar-refractivity contribution in [2.24, 2.45) is 5.73 Å². The molecule has 1 aromatic carbocycles. The lowest BCUT2D eigenvalue weighted by molar-refractivity contribution is 0.396. The molecule has 0 bridgehead atoms. The first-order valence-corrected chi connectivity index (χ1v) is 8.84. The molecule has 0 amide bonds. The van der Waals surface area contributed by atoms with Crippen LogP contribution in [0.4, 0.5) is 17.2 Å². The number of benzene rings is 1. The number of fused-ring (bicyclic) bond motifs is 1. The maximum atomic E-state index is 6.37. The summed E-state index contributed by atoms with van der Waals surface area (Å²) < 4.78 is 1.74. The second kappa shape index (κ2) is 6.37. The van der Waals surface area contributed by atoms with Crippen molar-refractivity contribution in [3.05, 3.63) is 47.8 Å². The monoisotopic (exact) mass is 336 g/mol. The number of nitrogens with zero attached hydrogens (tertiary/aromatic N) is 3. The molecule has 2 aromatic heterocycles. The van der Waals surface area contributed by atoms with Gasteiger partial charge in [-0.05, 0) is 50.2 Å². The van der Waals surface area contributed by atoms with Crippen molar-refractivity contribution in [3.8, 4) is 0 Å². The number of hydrogen-bond acceptors (Lipinski definition) is 5. The number of imidazole rings is 1. The first-order chi connectivity index (χ1) is 12.1. The second-order valence-electron chi connectivity index (χ2n) is 6.92. The lowest BCUT2D eigenvalue weighted by Gasteiger charge is -2.29. The van der Waals surface area contributed by atoms with Crippen LogP contribution in [0.25, 0.3) is 5.65 Å². The van der Waals surface area contributed by atoms with Gasteiger partial charge in [-0.3, -0.25) is 0 Å². The standard InChI is InChI=1S/C19H24N6/c1-12-4-2-3-5-15(12)23-17-16(13-6-8-14(20)9-7-13)18(21)24-25-11-10-22-19(17)25/h2-5,10-11,13-14,23H,6-9,20H2,1H3,(H2,21,24). The zero-order chi connectivity index (χ0) is 17.4. The van der Waals surface area contributed by atoms with Gasteiger partial charge in [0.05, 0.1) is 5.69 Å². The number of aromatic nitrogens is 3. The van der Waals surface area contributed by atoms with Gasteiger partial charge in [0.1, 0.15) is 5.82 Å². The molecule has 6 nitrogen and oxygen atoms in total. The van der Waals surface area contributed by atoms with Crippen LogP contribution in [0.3, 0.4) is 0 Å². The van der Waals surface area contributed by atoms with Crippen LogP contribution in [0.5, 0.6) is 0 Å². The molecule has 25 heavy (non-hydrogen) atoms. The maximum Gasteiger partial charge on any atom is 0.177 e. The molecule has 0 radical (unpaired) electrons. The molecule has 6 heteroatoms. The first kappa shape index (κ1) is 15.9. The van der Waals surface area contributed by atoms with E-state index in [1.807, 2.05) is 18.3 Å². The Morgan fingerprint density at radius 3 is 2.68 bits per heavy atom. The van der Waals surface area contributed by atoms with Crippen molar-refractivity contribution >= 4 is 22.8 Å². The fourth-order valence-corrected chi connectivity index (χ4v) is 3.77. The minimum atomic E-state index is 0.299. The van der Waals surface area contributed by atoms with Gasteiger partial charge < -0.3 is 16.8 Å². The Labute approximate surface area is 147 Å². The molecular weight excluding hydrogens is 312 g/mol. The molecule has 0 aliphatic heterocycles. The van der Waals surface area contributed by atoms with Gasteiger partial charge in [-0.1, -0.05) is 18.2 Å². The van der Waals surface area contributed by atoms with E-state index in [0.717, 1.165) is 48.3 Å². The van der Waals surface area contributed by atoms with Gasteiger partial charge in [0.2, 0.25) is 0 Å². The highest BCUT2D eigenvalue weighted by molar-refractivity contribution is 5.81. The second-order valence-corrected chi connectivity index (χ2v) is 6.92. The fraction of sp³-hybridized carbons (Fsp3) is 0.368. The normalized spacial score (nSPS) is 20.7. The summed E-state index contributed by atoms with van der Waals surface area (Å²) in [6, 6.07) is 8.53. The zero-order valence-electron chi connectivity index (χ0n) is 14.4. The number of hydrogen-bond donors (Lipinski definition) is 3. The predicted molar refractivity (Wildman–Crippen MR) is 101 cm³/mol. The number of para-hydroxylation sites is 1. The number of aryl methyl sites for hydroxylation is 1. The molecule has 1 saturated carbocycles. The van der Waals surface area contributed by atoms with Crippen molar-refractivity contribution in [2.75, 3.05) is 11.1 Å². The lowest BCUT2D eigenvalue weighted by Crippen LogP contribution is -2.26. The number of rotatable bonds is 3. The molecule has 4 rings (SSSR count). The van der Waals surface area contributed by atoms with Gasteiger partial charge in [-0.2, -0.15) is 0 Å². The van der Waals surface area contributed by atoms with Gasteiger partial charge in [0.25, 0.3) is 0 Å². The van der Waals surface area contributed by atoms with Crippen molar-refractivity contribution in [1.82, 2.24) is 14.6 Å². The average Bonchev–Trinajstić information content (AvgIpc) is 3.06. The van der Waals surface area contributed by atoms with E-state index in [2.05, 4.69) is 34.5 Å². The molecule has 1 aliphatic carbocycles. The number of anilines is 3. The smallest absolute Gasteiger partial charge is 0.177 e. The highest BCUT2D eigenvalue weighted by Crippen LogP contribution is 2.41. The van der Waals surface area contributed by atoms with E-state index in [0.29, 0.717) is 17.8 Å². The highest BCUT2D eigenvalue weighted by atomic mass is 15.3. The molecule has 0 spiro atoms. The molecule has 0 saturated heterocycles. The Morgan fingerprint density at radius 1 is 1.16 bits per heavy atom. The van der Waals surface area contributed by atoms with Gasteiger partial charge in [-0.25, -0.2) is 9.50 Å². The molecule has 2 heterocycles. The third-order valence-electron chi connectivity index (χ3n) is 5.19. The van der Waals surface area contributed by atoms with E-state index in [4.69, 9.17) is 11.5 Å². The number of nitrogens with one attached hydrogen (secondary N) is 1. The molecule has 1 aliphatic rings. The molecule has 130 valence electrons. The summed E-state index contributed by atoms with van der Waals surface area (Å²) in [6.07, 6.45) is 7.69. The quantitative estimate of drug-likeness (QED) is 0.682. The van der Waals surface area contributed by atoms with Gasteiger partial charge in [0.15, 0.2) is 5.65 Å². The van der Waals surface area contributed by atoms with Crippen LogP contribution in [-0.4, -0.2) is 20.6 Å². The van der Waals surface area contributed by atoms with Gasteiger partial charge in [-0.15, -0.1) is 5.10 Å². The third kappa shape index (κ3) is 2.93. The Bertz CT molecular complexity index is 892. The Hall–Kier alpha value is -2.60. The minimum Gasteiger partial charge on any atom is -0.382 e. The highest BCUT2D eigenvalue weighted by Gasteiger charge is 2.27. The predicted octanol–water partition coefficient (Wildman–Crippen LogP) is 3.35. The van der Waals surface area contributed by atoms with E-state index in [-0.39, 0.29) is 0 Å². The van der Waals surface area contributed by atoms with Crippen LogP contribution in [0.15, 0.2) is 36.7 Å². The topological polar surface area (TPSA) is 94.3 Å². The Balaban J connectivity index is 1.83. The van der Waals surface area contributed by atoms with E-state index in [1.54, 1.807) is 10.7 Å². The number of nitrogens with two attached hydrogens (primary N) is 2. The van der Waals surface area contributed by atoms with Crippen molar-refractivity contribution in [2.45, 2.75) is 44.6 Å². The molecule has 0 unspecified atom stereocenters. The molecular formula is C19H24N6. The Kier molecular flexibility index (Phi) is 4.05. The van der Waals surface area contributed by atoms with Crippen molar-refractivity contribution in [1.29, 1.82) is 0 Å².